The Morgan fingerprint density at radius 3 is 2.88 bits per heavy atom. The lowest BCUT2D eigenvalue weighted by Gasteiger charge is -2.03. The zero-order chi connectivity index (χ0) is 18.0. The van der Waals surface area contributed by atoms with Crippen LogP contribution in [0.25, 0.3) is 10.4 Å². The molecule has 2 aromatic heterocycles. The van der Waals surface area contributed by atoms with Gasteiger partial charge in [-0.05, 0) is 24.6 Å². The number of hydrogen-bond acceptors (Lipinski definition) is 6. The van der Waals surface area contributed by atoms with Gasteiger partial charge in [0.1, 0.15) is 6.33 Å². The van der Waals surface area contributed by atoms with Gasteiger partial charge in [0.05, 0.1) is 15.5 Å². The van der Waals surface area contributed by atoms with E-state index in [-0.39, 0.29) is 4.90 Å². The summed E-state index contributed by atoms with van der Waals surface area (Å²) >= 11 is 1.20. The molecular formula is C15H13FN4O3S2. The van der Waals surface area contributed by atoms with Crippen molar-refractivity contribution in [2.24, 2.45) is 0 Å². The highest BCUT2D eigenvalue weighted by Crippen LogP contribution is 2.34. The van der Waals surface area contributed by atoms with Crippen LogP contribution in [0.15, 0.2) is 47.9 Å². The normalized spacial score (nSPS) is 11.4. The van der Waals surface area contributed by atoms with Gasteiger partial charge in [0, 0.05) is 12.4 Å². The number of rotatable bonds is 4. The van der Waals surface area contributed by atoms with Crippen molar-refractivity contribution in [3.05, 3.63) is 48.7 Å². The zero-order valence-electron chi connectivity index (χ0n) is 13.0. The summed E-state index contributed by atoms with van der Waals surface area (Å²) in [5.41, 5.74) is 1.22. The summed E-state index contributed by atoms with van der Waals surface area (Å²) in [5.74, 6) is 0. The second kappa shape index (κ2) is 6.73. The second-order valence-electron chi connectivity index (χ2n) is 5.09. The number of sulfone groups is 1. The quantitative estimate of drug-likeness (QED) is 0.751. The van der Waals surface area contributed by atoms with Gasteiger partial charge in [-0.25, -0.2) is 27.6 Å². The Kier molecular flexibility index (Phi) is 4.64. The number of thiazole rings is 1. The highest BCUT2D eigenvalue weighted by atomic mass is 32.2. The van der Waals surface area contributed by atoms with Crippen LogP contribution in [0.2, 0.25) is 0 Å². The zero-order valence-corrected chi connectivity index (χ0v) is 14.6. The summed E-state index contributed by atoms with van der Waals surface area (Å²) in [6.07, 6.45) is 4.35. The first kappa shape index (κ1) is 17.2. The molecule has 0 saturated carbocycles. The topological polar surface area (TPSA) is 93.9 Å². The minimum absolute atomic E-state index is 0.0932. The van der Waals surface area contributed by atoms with E-state index >= 15 is 0 Å². The average molecular weight is 380 g/mol. The molecular weight excluding hydrogens is 367 g/mol. The van der Waals surface area contributed by atoms with Gasteiger partial charge >= 0.3 is 6.03 Å². The van der Waals surface area contributed by atoms with Gasteiger partial charge in [-0.1, -0.05) is 23.5 Å². The third-order valence-electron chi connectivity index (χ3n) is 3.35. The van der Waals surface area contributed by atoms with Crippen molar-refractivity contribution in [1.29, 1.82) is 0 Å². The molecule has 0 fully saturated rings. The maximum Gasteiger partial charge on any atom is 0.333 e. The second-order valence-corrected chi connectivity index (χ2v) is 8.00. The SMILES string of the molecule is Cc1nc(NC(=O)n2ccnc2)sc1-c1cccc(S(=O)(=O)CF)c1. The molecule has 0 unspecified atom stereocenters. The van der Waals surface area contributed by atoms with Crippen molar-refractivity contribution >= 4 is 32.3 Å². The van der Waals surface area contributed by atoms with Crippen molar-refractivity contribution in [3.63, 3.8) is 0 Å². The number of nitrogens with one attached hydrogen (secondary N) is 1. The molecule has 0 aliphatic rings. The predicted octanol–water partition coefficient (Wildman–Crippen LogP) is 3.10. The molecule has 0 aliphatic heterocycles. The molecule has 0 atom stereocenters. The molecule has 0 spiro atoms. The van der Waals surface area contributed by atoms with Crippen LogP contribution in [0, 0.1) is 6.92 Å². The Hall–Kier alpha value is -2.59. The van der Waals surface area contributed by atoms with Crippen LogP contribution in [0.5, 0.6) is 0 Å². The largest absolute Gasteiger partial charge is 0.333 e. The van der Waals surface area contributed by atoms with E-state index in [0.29, 0.717) is 21.3 Å². The number of carbonyl (C=O) groups excluding carboxylic acids is 1. The monoisotopic (exact) mass is 380 g/mol. The van der Waals surface area contributed by atoms with E-state index in [0.717, 1.165) is 0 Å². The number of nitrogens with zero attached hydrogens (tertiary/aromatic N) is 3. The number of alkyl halides is 1. The fraction of sp³-hybridized carbons (Fsp3) is 0.133. The number of benzene rings is 1. The summed E-state index contributed by atoms with van der Waals surface area (Å²) < 4.78 is 37.4. The Morgan fingerprint density at radius 2 is 2.20 bits per heavy atom. The van der Waals surface area contributed by atoms with Crippen LogP contribution in [-0.4, -0.2) is 35.0 Å². The minimum atomic E-state index is -3.95. The fourth-order valence-electron chi connectivity index (χ4n) is 2.15. The van der Waals surface area contributed by atoms with Gasteiger partial charge in [0.25, 0.3) is 0 Å². The van der Waals surface area contributed by atoms with Crippen molar-refractivity contribution in [2.45, 2.75) is 11.8 Å². The first-order valence-electron chi connectivity index (χ1n) is 7.06. The predicted molar refractivity (Wildman–Crippen MR) is 92.1 cm³/mol. The van der Waals surface area contributed by atoms with Crippen LogP contribution in [0.4, 0.5) is 14.3 Å². The van der Waals surface area contributed by atoms with Gasteiger partial charge in [-0.15, -0.1) is 0 Å². The fourth-order valence-corrected chi connectivity index (χ4v) is 3.82. The molecule has 2 heterocycles. The van der Waals surface area contributed by atoms with Gasteiger partial charge in [0.15, 0.2) is 11.1 Å². The Labute approximate surface area is 147 Å². The van der Waals surface area contributed by atoms with E-state index in [1.165, 1.54) is 46.8 Å². The number of anilines is 1. The maximum atomic E-state index is 12.7. The third-order valence-corrected chi connectivity index (χ3v) is 5.73. The molecule has 3 aromatic rings. The van der Waals surface area contributed by atoms with Crippen molar-refractivity contribution in [1.82, 2.24) is 14.5 Å². The minimum Gasteiger partial charge on any atom is -0.283 e. The lowest BCUT2D eigenvalue weighted by molar-refractivity contribution is 0.253. The molecule has 0 radical (unpaired) electrons. The van der Waals surface area contributed by atoms with E-state index < -0.39 is 21.9 Å². The molecule has 0 saturated heterocycles. The number of hydrogen-bond donors (Lipinski definition) is 1. The number of aryl methyl sites for hydroxylation is 1. The van der Waals surface area contributed by atoms with E-state index in [2.05, 4.69) is 15.3 Å². The lowest BCUT2D eigenvalue weighted by atomic mass is 10.2. The molecule has 25 heavy (non-hydrogen) atoms. The number of amides is 1. The smallest absolute Gasteiger partial charge is 0.283 e. The number of imidazole rings is 1. The third kappa shape index (κ3) is 3.59. The molecule has 3 rings (SSSR count). The van der Waals surface area contributed by atoms with Crippen molar-refractivity contribution in [3.8, 4) is 10.4 Å². The van der Waals surface area contributed by atoms with E-state index in [1.807, 2.05) is 0 Å². The summed E-state index contributed by atoms with van der Waals surface area (Å²) in [5, 5.41) is 3.01. The molecule has 1 N–H and O–H groups in total. The standard InChI is InChI=1S/C15H13FN4O3S2/c1-10-13(11-3-2-4-12(7-11)25(22,23)8-16)24-14(18-10)19-15(21)20-6-5-17-9-20/h2-7,9H,8H2,1H3,(H,18,19,21). The van der Waals surface area contributed by atoms with Crippen molar-refractivity contribution in [2.75, 3.05) is 11.3 Å². The summed E-state index contributed by atoms with van der Waals surface area (Å²) in [7, 11) is -3.95. The van der Waals surface area contributed by atoms with E-state index in [9.17, 15) is 17.6 Å². The molecule has 1 amide bonds. The van der Waals surface area contributed by atoms with Gasteiger partial charge in [0.2, 0.25) is 9.84 Å². The first-order chi connectivity index (χ1) is 11.9. The molecule has 10 heteroatoms. The summed E-state index contributed by atoms with van der Waals surface area (Å²) in [6.45, 7) is 1.75. The highest BCUT2D eigenvalue weighted by Gasteiger charge is 2.17. The Bertz CT molecular complexity index is 1010. The average Bonchev–Trinajstić information content (AvgIpc) is 3.25. The molecule has 130 valence electrons. The van der Waals surface area contributed by atoms with E-state index in [1.54, 1.807) is 19.1 Å². The lowest BCUT2D eigenvalue weighted by Crippen LogP contribution is -2.17. The van der Waals surface area contributed by atoms with Crippen LogP contribution in [0.3, 0.4) is 0 Å². The van der Waals surface area contributed by atoms with Gasteiger partial charge < -0.3 is 0 Å². The summed E-state index contributed by atoms with van der Waals surface area (Å²) in [6, 6.07) is 4.13. The Balaban J connectivity index is 1.91. The molecule has 1 aromatic carbocycles. The number of aromatic nitrogens is 3. The highest BCUT2D eigenvalue weighted by molar-refractivity contribution is 7.91. The van der Waals surface area contributed by atoms with Gasteiger partial charge in [-0.2, -0.15) is 0 Å². The first-order valence-corrected chi connectivity index (χ1v) is 9.53. The Morgan fingerprint density at radius 1 is 1.40 bits per heavy atom. The van der Waals surface area contributed by atoms with E-state index in [4.69, 9.17) is 0 Å². The van der Waals surface area contributed by atoms with Crippen LogP contribution >= 0.6 is 11.3 Å². The van der Waals surface area contributed by atoms with Crippen LogP contribution in [0.1, 0.15) is 5.69 Å². The molecule has 0 aliphatic carbocycles. The van der Waals surface area contributed by atoms with Crippen LogP contribution < -0.4 is 5.32 Å². The van der Waals surface area contributed by atoms with Crippen molar-refractivity contribution < 1.29 is 17.6 Å². The van der Waals surface area contributed by atoms with Gasteiger partial charge in [-0.3, -0.25) is 9.88 Å². The maximum absolute atomic E-state index is 12.7. The molecule has 0 bridgehead atoms. The number of halogens is 1. The summed E-state index contributed by atoms with van der Waals surface area (Å²) in [4.78, 5) is 20.7. The number of carbonyl (C=O) groups is 1. The molecule has 7 nitrogen and oxygen atoms in total. The van der Waals surface area contributed by atoms with Crippen LogP contribution in [-0.2, 0) is 9.84 Å².